The Hall–Kier alpha value is -3.48. The molecule has 3 N–H and O–H groups in total. The molecule has 2 rings (SSSR count). The summed E-state index contributed by atoms with van der Waals surface area (Å²) in [7, 11) is 0. The average Bonchev–Trinajstić information content (AvgIpc) is 2.68. The molecule has 0 heterocycles. The van der Waals surface area contributed by atoms with Crippen LogP contribution in [0.2, 0.25) is 0 Å². The minimum Gasteiger partial charge on any atom is -0.480 e. The molecule has 0 bridgehead atoms. The number of hydrogen-bond acceptors (Lipinski definition) is 3. The third-order valence-corrected chi connectivity index (χ3v) is 4.17. The Morgan fingerprint density at radius 2 is 1.66 bits per heavy atom. The van der Waals surface area contributed by atoms with E-state index < -0.39 is 35.7 Å². The molecular formula is C22H23FN2O4. The van der Waals surface area contributed by atoms with E-state index in [-0.39, 0.29) is 18.4 Å². The van der Waals surface area contributed by atoms with Gasteiger partial charge in [-0.15, -0.1) is 0 Å². The molecule has 6 nitrogen and oxygen atoms in total. The molecule has 0 radical (unpaired) electrons. The van der Waals surface area contributed by atoms with Crippen LogP contribution in [-0.4, -0.2) is 35.0 Å². The van der Waals surface area contributed by atoms with E-state index in [9.17, 15) is 23.9 Å². The fourth-order valence-electron chi connectivity index (χ4n) is 2.74. The molecule has 2 atom stereocenters. The summed E-state index contributed by atoms with van der Waals surface area (Å²) in [6, 6.07) is 13.0. The fraction of sp³-hybridized carbons (Fsp3) is 0.227. The Kier molecular flexibility index (Phi) is 8.09. The van der Waals surface area contributed by atoms with Gasteiger partial charge in [-0.05, 0) is 23.6 Å². The summed E-state index contributed by atoms with van der Waals surface area (Å²) in [5.74, 6) is -2.87. The number of carboxylic acid groups (broad SMARTS) is 1. The van der Waals surface area contributed by atoms with E-state index in [1.165, 1.54) is 25.1 Å². The zero-order chi connectivity index (χ0) is 21.2. The molecule has 0 unspecified atom stereocenters. The Balaban J connectivity index is 2.07. The predicted octanol–water partition coefficient (Wildman–Crippen LogP) is 2.55. The van der Waals surface area contributed by atoms with E-state index in [0.717, 1.165) is 5.56 Å². The largest absolute Gasteiger partial charge is 0.480 e. The van der Waals surface area contributed by atoms with Crippen molar-refractivity contribution >= 4 is 23.9 Å². The second kappa shape index (κ2) is 10.8. The highest BCUT2D eigenvalue weighted by Gasteiger charge is 2.26. The molecular weight excluding hydrogens is 375 g/mol. The lowest BCUT2D eigenvalue weighted by atomic mass is 10.0. The normalized spacial score (nSPS) is 12.9. The van der Waals surface area contributed by atoms with Gasteiger partial charge in [0.1, 0.15) is 17.9 Å². The summed E-state index contributed by atoms with van der Waals surface area (Å²) in [5, 5.41) is 14.3. The van der Waals surface area contributed by atoms with Crippen LogP contribution in [0.4, 0.5) is 4.39 Å². The molecule has 2 aromatic rings. The molecule has 7 heteroatoms. The van der Waals surface area contributed by atoms with E-state index in [1.807, 2.05) is 30.3 Å². The maximum absolute atomic E-state index is 13.9. The third-order valence-electron chi connectivity index (χ3n) is 4.17. The minimum absolute atomic E-state index is 0.0580. The Bertz CT molecular complexity index is 883. The van der Waals surface area contributed by atoms with Crippen molar-refractivity contribution in [3.8, 4) is 0 Å². The maximum Gasteiger partial charge on any atom is 0.326 e. The Labute approximate surface area is 168 Å². The van der Waals surface area contributed by atoms with Crippen molar-refractivity contribution in [1.29, 1.82) is 0 Å². The first-order valence-electron chi connectivity index (χ1n) is 9.12. The van der Waals surface area contributed by atoms with Crippen LogP contribution in [-0.2, 0) is 20.8 Å². The van der Waals surface area contributed by atoms with E-state index in [1.54, 1.807) is 18.2 Å². The Morgan fingerprint density at radius 1 is 1.00 bits per heavy atom. The van der Waals surface area contributed by atoms with E-state index in [2.05, 4.69) is 10.6 Å². The number of carbonyl (C=O) groups is 3. The van der Waals surface area contributed by atoms with Crippen LogP contribution < -0.4 is 10.6 Å². The Morgan fingerprint density at radius 3 is 2.28 bits per heavy atom. The molecule has 0 saturated carbocycles. The summed E-state index contributed by atoms with van der Waals surface area (Å²) >= 11 is 0. The number of benzene rings is 2. The lowest BCUT2D eigenvalue weighted by Gasteiger charge is -2.20. The van der Waals surface area contributed by atoms with Gasteiger partial charge in [0.15, 0.2) is 0 Å². The molecule has 29 heavy (non-hydrogen) atoms. The first kappa shape index (κ1) is 21.8. The number of halogens is 1. The number of amides is 2. The van der Waals surface area contributed by atoms with Crippen LogP contribution in [0.15, 0.2) is 60.7 Å². The molecule has 0 spiro atoms. The standard InChI is InChI=1S/C22H23FN2O4/c1-15(26)24-20(14-17-11-5-6-12-18(17)23)21(27)25-19(22(28)29)13-7-10-16-8-3-2-4-9-16/h2-12,19-20H,13-14H2,1H3,(H,24,26)(H,25,27)(H,28,29)/b10-7+/t19-,20-/m1/s1. The van der Waals surface area contributed by atoms with E-state index in [0.29, 0.717) is 0 Å². The fourth-order valence-corrected chi connectivity index (χ4v) is 2.74. The SMILES string of the molecule is CC(=O)N[C@H](Cc1ccccc1F)C(=O)N[C@H](C/C=C/c1ccccc1)C(=O)O. The molecule has 0 saturated heterocycles. The second-order valence-corrected chi connectivity index (χ2v) is 6.50. The second-order valence-electron chi connectivity index (χ2n) is 6.50. The first-order chi connectivity index (χ1) is 13.9. The molecule has 0 aliphatic carbocycles. The summed E-state index contributed by atoms with van der Waals surface area (Å²) in [6.45, 7) is 1.24. The van der Waals surface area contributed by atoms with Crippen molar-refractivity contribution in [2.75, 3.05) is 0 Å². The maximum atomic E-state index is 13.9. The van der Waals surface area contributed by atoms with Gasteiger partial charge in [0, 0.05) is 13.3 Å². The van der Waals surface area contributed by atoms with Gasteiger partial charge in [0.05, 0.1) is 0 Å². The van der Waals surface area contributed by atoms with Crippen LogP contribution in [0.3, 0.4) is 0 Å². The van der Waals surface area contributed by atoms with Crippen molar-refractivity contribution in [3.05, 3.63) is 77.6 Å². The topological polar surface area (TPSA) is 95.5 Å². The smallest absolute Gasteiger partial charge is 0.326 e. The van der Waals surface area contributed by atoms with Crippen LogP contribution >= 0.6 is 0 Å². The summed E-state index contributed by atoms with van der Waals surface area (Å²) < 4.78 is 13.9. The lowest BCUT2D eigenvalue weighted by Crippen LogP contribution is -2.52. The molecule has 152 valence electrons. The zero-order valence-electron chi connectivity index (χ0n) is 16.0. The monoisotopic (exact) mass is 398 g/mol. The van der Waals surface area contributed by atoms with E-state index in [4.69, 9.17) is 0 Å². The van der Waals surface area contributed by atoms with Gasteiger partial charge in [0.2, 0.25) is 11.8 Å². The highest BCUT2D eigenvalue weighted by atomic mass is 19.1. The number of aliphatic carboxylic acids is 1. The number of hydrogen-bond donors (Lipinski definition) is 3. The molecule has 2 amide bonds. The summed E-state index contributed by atoms with van der Waals surface area (Å²) in [5.41, 5.74) is 1.15. The average molecular weight is 398 g/mol. The van der Waals surface area contributed by atoms with Gasteiger partial charge in [-0.2, -0.15) is 0 Å². The van der Waals surface area contributed by atoms with Crippen LogP contribution in [0.5, 0.6) is 0 Å². The van der Waals surface area contributed by atoms with E-state index >= 15 is 0 Å². The van der Waals surface area contributed by atoms with Crippen LogP contribution in [0.1, 0.15) is 24.5 Å². The highest BCUT2D eigenvalue weighted by Crippen LogP contribution is 2.10. The quantitative estimate of drug-likeness (QED) is 0.605. The van der Waals surface area contributed by atoms with Gasteiger partial charge >= 0.3 is 5.97 Å². The summed E-state index contributed by atoms with van der Waals surface area (Å²) in [4.78, 5) is 35.6. The molecule has 0 aliphatic rings. The van der Waals surface area contributed by atoms with Crippen LogP contribution in [0, 0.1) is 5.82 Å². The van der Waals surface area contributed by atoms with Gasteiger partial charge in [0.25, 0.3) is 0 Å². The lowest BCUT2D eigenvalue weighted by molar-refractivity contribution is -0.142. The van der Waals surface area contributed by atoms with Gasteiger partial charge in [-0.3, -0.25) is 9.59 Å². The number of nitrogens with one attached hydrogen (secondary N) is 2. The van der Waals surface area contributed by atoms with Crippen molar-refractivity contribution in [2.24, 2.45) is 0 Å². The van der Waals surface area contributed by atoms with Gasteiger partial charge in [-0.25, -0.2) is 9.18 Å². The summed E-state index contributed by atoms with van der Waals surface area (Å²) in [6.07, 6.45) is 3.37. The number of rotatable bonds is 9. The highest BCUT2D eigenvalue weighted by molar-refractivity contribution is 5.90. The molecule has 2 aromatic carbocycles. The minimum atomic E-state index is -1.21. The van der Waals surface area contributed by atoms with Crippen molar-refractivity contribution in [2.45, 2.75) is 31.8 Å². The first-order valence-corrected chi connectivity index (χ1v) is 9.12. The van der Waals surface area contributed by atoms with Gasteiger partial charge < -0.3 is 15.7 Å². The van der Waals surface area contributed by atoms with Gasteiger partial charge in [-0.1, -0.05) is 60.7 Å². The zero-order valence-corrected chi connectivity index (χ0v) is 16.0. The molecule has 0 fully saturated rings. The molecule has 0 aromatic heterocycles. The van der Waals surface area contributed by atoms with Crippen molar-refractivity contribution < 1.29 is 23.9 Å². The van der Waals surface area contributed by atoms with Crippen molar-refractivity contribution in [3.63, 3.8) is 0 Å². The molecule has 0 aliphatic heterocycles. The predicted molar refractivity (Wildman–Crippen MR) is 107 cm³/mol. The van der Waals surface area contributed by atoms with Crippen molar-refractivity contribution in [1.82, 2.24) is 10.6 Å². The van der Waals surface area contributed by atoms with Crippen LogP contribution in [0.25, 0.3) is 6.08 Å². The third kappa shape index (κ3) is 7.21. The number of carbonyl (C=O) groups excluding carboxylic acids is 2. The number of carboxylic acids is 1.